The molecule has 2 aromatic carbocycles. The predicted molar refractivity (Wildman–Crippen MR) is 90.4 cm³/mol. The molecule has 0 saturated carbocycles. The summed E-state index contributed by atoms with van der Waals surface area (Å²) in [7, 11) is 0. The summed E-state index contributed by atoms with van der Waals surface area (Å²) in [5.41, 5.74) is 9.12. The van der Waals surface area contributed by atoms with Gasteiger partial charge in [-0.05, 0) is 23.1 Å². The Morgan fingerprint density at radius 2 is 1.79 bits per heavy atom. The van der Waals surface area contributed by atoms with Gasteiger partial charge in [-0.15, -0.1) is 0 Å². The normalized spacial score (nSPS) is 17.9. The highest BCUT2D eigenvalue weighted by molar-refractivity contribution is 5.87. The van der Waals surface area contributed by atoms with E-state index in [2.05, 4.69) is 6.07 Å². The van der Waals surface area contributed by atoms with Gasteiger partial charge in [-0.3, -0.25) is 9.59 Å². The fraction of sp³-hybridized carbons (Fsp3) is 0.263. The molecular formula is C19H20N2O3. The number of benzene rings is 2. The minimum absolute atomic E-state index is 0.233. The largest absolute Gasteiger partial charge is 0.481 e. The maximum Gasteiger partial charge on any atom is 0.305 e. The van der Waals surface area contributed by atoms with Gasteiger partial charge in [-0.25, -0.2) is 0 Å². The molecule has 3 rings (SSSR count). The third kappa shape index (κ3) is 3.16. The average Bonchev–Trinajstić information content (AvgIpc) is 2.60. The van der Waals surface area contributed by atoms with E-state index >= 15 is 0 Å². The Bertz CT molecular complexity index is 745. The minimum Gasteiger partial charge on any atom is -0.481 e. The van der Waals surface area contributed by atoms with Crippen molar-refractivity contribution in [2.24, 2.45) is 5.73 Å². The maximum atomic E-state index is 12.8. The van der Waals surface area contributed by atoms with Crippen molar-refractivity contribution in [2.45, 2.75) is 24.9 Å². The lowest BCUT2D eigenvalue weighted by atomic mass is 9.87. The van der Waals surface area contributed by atoms with Crippen molar-refractivity contribution in [2.75, 3.05) is 6.54 Å². The third-order valence-corrected chi connectivity index (χ3v) is 4.39. The number of nitrogens with zero attached hydrogens (tertiary/aromatic N) is 1. The summed E-state index contributed by atoms with van der Waals surface area (Å²) in [6, 6.07) is 16.6. The lowest BCUT2D eigenvalue weighted by molar-refractivity contribution is -0.142. The molecule has 0 fully saturated rings. The predicted octanol–water partition coefficient (Wildman–Crippen LogP) is 1.96. The van der Waals surface area contributed by atoms with E-state index in [1.54, 1.807) is 4.90 Å². The first-order valence-corrected chi connectivity index (χ1v) is 7.98. The molecule has 1 aliphatic rings. The molecule has 1 unspecified atom stereocenters. The van der Waals surface area contributed by atoms with Crippen LogP contribution < -0.4 is 5.73 Å². The summed E-state index contributed by atoms with van der Waals surface area (Å²) in [5.74, 6) is -1.38. The maximum absolute atomic E-state index is 12.8. The quantitative estimate of drug-likeness (QED) is 0.900. The van der Waals surface area contributed by atoms with Gasteiger partial charge in [0.15, 0.2) is 0 Å². The molecule has 1 heterocycles. The van der Waals surface area contributed by atoms with Crippen LogP contribution in [-0.4, -0.2) is 34.5 Å². The highest BCUT2D eigenvalue weighted by Crippen LogP contribution is 2.35. The van der Waals surface area contributed by atoms with Crippen LogP contribution in [-0.2, 0) is 16.0 Å². The van der Waals surface area contributed by atoms with Crippen LogP contribution in [0.3, 0.4) is 0 Å². The van der Waals surface area contributed by atoms with E-state index in [0.717, 1.165) is 17.5 Å². The second kappa shape index (κ2) is 6.84. The zero-order chi connectivity index (χ0) is 17.1. The van der Waals surface area contributed by atoms with Gasteiger partial charge >= 0.3 is 5.97 Å². The van der Waals surface area contributed by atoms with Crippen molar-refractivity contribution >= 4 is 11.9 Å². The Hall–Kier alpha value is -2.66. The molecule has 5 heteroatoms. The fourth-order valence-electron chi connectivity index (χ4n) is 3.29. The molecule has 1 aliphatic heterocycles. The monoisotopic (exact) mass is 324 g/mol. The number of hydrogen-bond donors (Lipinski definition) is 2. The van der Waals surface area contributed by atoms with E-state index in [1.165, 1.54) is 5.56 Å². The Kier molecular flexibility index (Phi) is 4.62. The van der Waals surface area contributed by atoms with Gasteiger partial charge in [0, 0.05) is 6.54 Å². The highest BCUT2D eigenvalue weighted by Gasteiger charge is 2.34. The SMILES string of the molecule is N[C@@H](CC(=O)O)C(=O)N1CCc2ccccc2C1c1ccccc1. The lowest BCUT2D eigenvalue weighted by Gasteiger charge is -2.39. The van der Waals surface area contributed by atoms with Crippen LogP contribution in [0.2, 0.25) is 0 Å². The van der Waals surface area contributed by atoms with Crippen molar-refractivity contribution in [1.29, 1.82) is 0 Å². The Labute approximate surface area is 140 Å². The number of carbonyl (C=O) groups is 2. The van der Waals surface area contributed by atoms with E-state index in [1.807, 2.05) is 48.5 Å². The highest BCUT2D eigenvalue weighted by atomic mass is 16.4. The van der Waals surface area contributed by atoms with Crippen molar-refractivity contribution in [3.8, 4) is 0 Å². The molecule has 3 N–H and O–H groups in total. The molecule has 0 saturated heterocycles. The standard InChI is InChI=1S/C19H20N2O3/c20-16(12-17(22)23)19(24)21-11-10-13-6-4-5-9-15(13)18(21)14-7-2-1-3-8-14/h1-9,16,18H,10-12,20H2,(H,22,23)/t16-,18?/m0/s1. The Morgan fingerprint density at radius 3 is 2.50 bits per heavy atom. The number of aliphatic carboxylic acids is 1. The zero-order valence-electron chi connectivity index (χ0n) is 13.3. The molecule has 2 atom stereocenters. The summed E-state index contributed by atoms with van der Waals surface area (Å²) in [6.45, 7) is 0.530. The smallest absolute Gasteiger partial charge is 0.305 e. The molecule has 24 heavy (non-hydrogen) atoms. The van der Waals surface area contributed by atoms with Gasteiger partial charge in [0.1, 0.15) is 0 Å². The van der Waals surface area contributed by atoms with Gasteiger partial charge in [-0.2, -0.15) is 0 Å². The lowest BCUT2D eigenvalue weighted by Crippen LogP contribution is -2.49. The van der Waals surface area contributed by atoms with Crippen LogP contribution in [0.5, 0.6) is 0 Å². The van der Waals surface area contributed by atoms with Crippen LogP contribution in [0.4, 0.5) is 0 Å². The number of rotatable bonds is 4. The van der Waals surface area contributed by atoms with Gasteiger partial charge in [0.2, 0.25) is 5.91 Å². The Morgan fingerprint density at radius 1 is 1.12 bits per heavy atom. The summed E-state index contributed by atoms with van der Waals surface area (Å²) in [5, 5.41) is 8.92. The molecular weight excluding hydrogens is 304 g/mol. The van der Waals surface area contributed by atoms with Gasteiger partial charge in [0.25, 0.3) is 0 Å². The van der Waals surface area contributed by atoms with Crippen LogP contribution in [0, 0.1) is 0 Å². The van der Waals surface area contributed by atoms with Crippen LogP contribution in [0.1, 0.15) is 29.2 Å². The Balaban J connectivity index is 1.99. The third-order valence-electron chi connectivity index (χ3n) is 4.39. The van der Waals surface area contributed by atoms with Gasteiger partial charge < -0.3 is 15.7 Å². The molecule has 0 aromatic heterocycles. The second-order valence-corrected chi connectivity index (χ2v) is 6.00. The van der Waals surface area contributed by atoms with E-state index in [0.29, 0.717) is 6.54 Å². The summed E-state index contributed by atoms with van der Waals surface area (Å²) in [6.07, 6.45) is 0.379. The summed E-state index contributed by atoms with van der Waals surface area (Å²) in [4.78, 5) is 25.4. The van der Waals surface area contributed by atoms with Crippen LogP contribution >= 0.6 is 0 Å². The summed E-state index contributed by atoms with van der Waals surface area (Å²) < 4.78 is 0. The summed E-state index contributed by atoms with van der Waals surface area (Å²) >= 11 is 0. The molecule has 0 bridgehead atoms. The number of amides is 1. The minimum atomic E-state index is -1.07. The van der Waals surface area contributed by atoms with Crippen LogP contribution in [0.25, 0.3) is 0 Å². The van der Waals surface area contributed by atoms with Crippen molar-refractivity contribution < 1.29 is 14.7 Å². The number of hydrogen-bond acceptors (Lipinski definition) is 3. The molecule has 1 amide bonds. The first-order valence-electron chi connectivity index (χ1n) is 7.98. The fourth-order valence-corrected chi connectivity index (χ4v) is 3.29. The van der Waals surface area contributed by atoms with Gasteiger partial charge in [0.05, 0.1) is 18.5 Å². The number of fused-ring (bicyclic) bond motifs is 1. The van der Waals surface area contributed by atoms with Crippen molar-refractivity contribution in [3.63, 3.8) is 0 Å². The van der Waals surface area contributed by atoms with E-state index < -0.39 is 12.0 Å². The van der Waals surface area contributed by atoms with Gasteiger partial charge in [-0.1, -0.05) is 54.6 Å². The van der Waals surface area contributed by atoms with E-state index in [9.17, 15) is 9.59 Å². The van der Waals surface area contributed by atoms with Crippen molar-refractivity contribution in [3.05, 3.63) is 71.3 Å². The first kappa shape index (κ1) is 16.2. The molecule has 0 radical (unpaired) electrons. The van der Waals surface area contributed by atoms with E-state index in [4.69, 9.17) is 10.8 Å². The van der Waals surface area contributed by atoms with Crippen LogP contribution in [0.15, 0.2) is 54.6 Å². The molecule has 0 spiro atoms. The molecule has 2 aromatic rings. The number of carboxylic acids is 1. The molecule has 124 valence electrons. The second-order valence-electron chi connectivity index (χ2n) is 6.00. The number of carbonyl (C=O) groups excluding carboxylic acids is 1. The van der Waals surface area contributed by atoms with Crippen molar-refractivity contribution in [1.82, 2.24) is 4.90 Å². The average molecular weight is 324 g/mol. The topological polar surface area (TPSA) is 83.6 Å². The zero-order valence-corrected chi connectivity index (χ0v) is 13.3. The molecule has 0 aliphatic carbocycles. The first-order chi connectivity index (χ1) is 11.6. The number of nitrogens with two attached hydrogens (primary N) is 1. The number of carboxylic acid groups (broad SMARTS) is 1. The molecule has 5 nitrogen and oxygen atoms in total. The van der Waals surface area contributed by atoms with E-state index in [-0.39, 0.29) is 18.4 Å².